The Morgan fingerprint density at radius 3 is 3.00 bits per heavy atom. The Bertz CT molecular complexity index is 522. The van der Waals surface area contributed by atoms with Gasteiger partial charge in [0, 0.05) is 31.8 Å². The van der Waals surface area contributed by atoms with E-state index >= 15 is 0 Å². The number of carbonyl (C=O) groups is 2. The zero-order valence-electron chi connectivity index (χ0n) is 11.3. The third-order valence-corrected chi connectivity index (χ3v) is 3.88. The van der Waals surface area contributed by atoms with E-state index in [0.717, 1.165) is 18.5 Å². The zero-order chi connectivity index (χ0) is 13.9. The summed E-state index contributed by atoms with van der Waals surface area (Å²) in [5, 5.41) is 2.81. The molecule has 1 fully saturated rings. The monoisotopic (exact) mass is 274 g/mol. The largest absolute Gasteiger partial charge is 0.380 e. The molecular weight excluding hydrogens is 256 g/mol. The molecule has 2 heterocycles. The first-order chi connectivity index (χ1) is 9.77. The Hall–Kier alpha value is -1.88. The predicted molar refractivity (Wildman–Crippen MR) is 73.5 cm³/mol. The van der Waals surface area contributed by atoms with Gasteiger partial charge in [0.05, 0.1) is 12.5 Å². The van der Waals surface area contributed by atoms with E-state index in [-0.39, 0.29) is 17.7 Å². The minimum atomic E-state index is -0.276. The van der Waals surface area contributed by atoms with E-state index in [0.29, 0.717) is 31.9 Å². The van der Waals surface area contributed by atoms with Gasteiger partial charge in [0.25, 0.3) is 5.91 Å². The summed E-state index contributed by atoms with van der Waals surface area (Å²) in [6, 6.07) is 7.36. The molecule has 2 amide bonds. The first-order valence-electron chi connectivity index (χ1n) is 7.01. The first-order valence-corrected chi connectivity index (χ1v) is 7.01. The molecule has 0 bridgehead atoms. The lowest BCUT2D eigenvalue weighted by Crippen LogP contribution is -2.44. The second-order valence-corrected chi connectivity index (χ2v) is 5.14. The van der Waals surface area contributed by atoms with E-state index in [1.165, 1.54) is 0 Å². The smallest absolute Gasteiger partial charge is 0.251 e. The highest BCUT2D eigenvalue weighted by Crippen LogP contribution is 2.26. The highest BCUT2D eigenvalue weighted by Gasteiger charge is 2.32. The summed E-state index contributed by atoms with van der Waals surface area (Å²) in [5.74, 6) is -0.284. The predicted octanol–water partition coefficient (Wildman–Crippen LogP) is 0.762. The maximum Gasteiger partial charge on any atom is 0.251 e. The van der Waals surface area contributed by atoms with E-state index in [4.69, 9.17) is 4.74 Å². The van der Waals surface area contributed by atoms with Gasteiger partial charge in [-0.1, -0.05) is 18.2 Å². The van der Waals surface area contributed by atoms with Crippen molar-refractivity contribution in [3.05, 3.63) is 35.4 Å². The molecule has 2 aliphatic heterocycles. The van der Waals surface area contributed by atoms with E-state index in [9.17, 15) is 9.59 Å². The van der Waals surface area contributed by atoms with Gasteiger partial charge < -0.3 is 15.0 Å². The number of carbonyl (C=O) groups excluding carboxylic acids is 2. The number of amides is 2. The number of benzene rings is 1. The summed E-state index contributed by atoms with van der Waals surface area (Å²) in [6.07, 6.45) is 0.868. The van der Waals surface area contributed by atoms with Gasteiger partial charge in [0.1, 0.15) is 0 Å². The molecule has 1 aromatic rings. The summed E-state index contributed by atoms with van der Waals surface area (Å²) < 4.78 is 5.39. The molecule has 1 aromatic carbocycles. The lowest BCUT2D eigenvalue weighted by atomic mass is 9.89. The van der Waals surface area contributed by atoms with Crippen LogP contribution in [-0.4, -0.2) is 49.6 Å². The maximum absolute atomic E-state index is 12.7. The number of ether oxygens (including phenoxy) is 1. The van der Waals surface area contributed by atoms with Gasteiger partial charge in [-0.15, -0.1) is 0 Å². The van der Waals surface area contributed by atoms with Crippen molar-refractivity contribution in [1.29, 1.82) is 0 Å². The van der Waals surface area contributed by atoms with Crippen molar-refractivity contribution >= 4 is 11.8 Å². The van der Waals surface area contributed by atoms with Crippen LogP contribution in [0, 0.1) is 0 Å². The summed E-state index contributed by atoms with van der Waals surface area (Å²) in [6.45, 7) is 3.04. The fourth-order valence-corrected chi connectivity index (χ4v) is 2.81. The SMILES string of the molecule is O=C1NCC(C(=O)N2CCCOCC2)c2ccccc21. The summed E-state index contributed by atoms with van der Waals surface area (Å²) >= 11 is 0. The maximum atomic E-state index is 12.7. The van der Waals surface area contributed by atoms with Gasteiger partial charge in [-0.25, -0.2) is 0 Å². The molecule has 0 aromatic heterocycles. The number of hydrogen-bond acceptors (Lipinski definition) is 3. The quantitative estimate of drug-likeness (QED) is 0.822. The molecule has 0 saturated carbocycles. The first kappa shape index (κ1) is 13.1. The normalized spacial score (nSPS) is 22.7. The van der Waals surface area contributed by atoms with Crippen LogP contribution < -0.4 is 5.32 Å². The van der Waals surface area contributed by atoms with E-state index in [1.807, 2.05) is 23.1 Å². The van der Waals surface area contributed by atoms with E-state index < -0.39 is 0 Å². The minimum Gasteiger partial charge on any atom is -0.380 e. The van der Waals surface area contributed by atoms with Crippen LogP contribution in [0.1, 0.15) is 28.3 Å². The van der Waals surface area contributed by atoms with Crippen LogP contribution in [0.15, 0.2) is 24.3 Å². The van der Waals surface area contributed by atoms with Gasteiger partial charge >= 0.3 is 0 Å². The average Bonchev–Trinajstić information content (AvgIpc) is 2.76. The molecule has 20 heavy (non-hydrogen) atoms. The fourth-order valence-electron chi connectivity index (χ4n) is 2.81. The fraction of sp³-hybridized carbons (Fsp3) is 0.467. The second-order valence-electron chi connectivity index (χ2n) is 5.14. The number of nitrogens with one attached hydrogen (secondary N) is 1. The number of rotatable bonds is 1. The molecule has 3 rings (SSSR count). The van der Waals surface area contributed by atoms with Crippen LogP contribution >= 0.6 is 0 Å². The van der Waals surface area contributed by atoms with Crippen molar-refractivity contribution < 1.29 is 14.3 Å². The molecule has 1 unspecified atom stereocenters. The van der Waals surface area contributed by atoms with Crippen LogP contribution in [0.25, 0.3) is 0 Å². The molecule has 1 atom stereocenters. The lowest BCUT2D eigenvalue weighted by molar-refractivity contribution is -0.132. The highest BCUT2D eigenvalue weighted by molar-refractivity contribution is 6.00. The van der Waals surface area contributed by atoms with Crippen molar-refractivity contribution in [3.63, 3.8) is 0 Å². The van der Waals surface area contributed by atoms with Crippen LogP contribution in [-0.2, 0) is 9.53 Å². The highest BCUT2D eigenvalue weighted by atomic mass is 16.5. The van der Waals surface area contributed by atoms with Crippen molar-refractivity contribution in [2.75, 3.05) is 32.8 Å². The molecule has 1 N–H and O–H groups in total. The van der Waals surface area contributed by atoms with Gasteiger partial charge in [-0.05, 0) is 18.1 Å². The number of hydrogen-bond donors (Lipinski definition) is 1. The Morgan fingerprint density at radius 1 is 1.25 bits per heavy atom. The molecule has 0 aliphatic carbocycles. The molecular formula is C15H18N2O3. The molecule has 5 heteroatoms. The Balaban J connectivity index is 1.85. The topological polar surface area (TPSA) is 58.6 Å². The van der Waals surface area contributed by atoms with Crippen LogP contribution in [0.2, 0.25) is 0 Å². The molecule has 106 valence electrons. The summed E-state index contributed by atoms with van der Waals surface area (Å²) in [5.41, 5.74) is 1.45. The third-order valence-electron chi connectivity index (χ3n) is 3.88. The van der Waals surface area contributed by atoms with Crippen molar-refractivity contribution in [2.45, 2.75) is 12.3 Å². The molecule has 1 saturated heterocycles. The standard InChI is InChI=1S/C15H18N2O3/c18-14-12-5-2-1-4-11(12)13(10-16-14)15(19)17-6-3-8-20-9-7-17/h1-2,4-5,13H,3,6-10H2,(H,16,18). The van der Waals surface area contributed by atoms with Crippen LogP contribution in [0.5, 0.6) is 0 Å². The number of fused-ring (bicyclic) bond motifs is 1. The van der Waals surface area contributed by atoms with Crippen LogP contribution in [0.3, 0.4) is 0 Å². The van der Waals surface area contributed by atoms with Gasteiger partial charge in [-0.2, -0.15) is 0 Å². The van der Waals surface area contributed by atoms with Gasteiger partial charge in [-0.3, -0.25) is 9.59 Å². The molecule has 0 radical (unpaired) electrons. The van der Waals surface area contributed by atoms with Crippen molar-refractivity contribution in [1.82, 2.24) is 10.2 Å². The second kappa shape index (κ2) is 5.63. The van der Waals surface area contributed by atoms with Crippen molar-refractivity contribution in [2.24, 2.45) is 0 Å². The summed E-state index contributed by atoms with van der Waals surface area (Å²) in [7, 11) is 0. The van der Waals surface area contributed by atoms with Crippen molar-refractivity contribution in [3.8, 4) is 0 Å². The van der Waals surface area contributed by atoms with Gasteiger partial charge in [0.15, 0.2) is 0 Å². The molecule has 2 aliphatic rings. The number of nitrogens with zero attached hydrogens (tertiary/aromatic N) is 1. The summed E-state index contributed by atoms with van der Waals surface area (Å²) in [4.78, 5) is 26.4. The van der Waals surface area contributed by atoms with Crippen LogP contribution in [0.4, 0.5) is 0 Å². The minimum absolute atomic E-state index is 0.0861. The third kappa shape index (κ3) is 2.41. The molecule has 0 spiro atoms. The van der Waals surface area contributed by atoms with Gasteiger partial charge in [0.2, 0.25) is 5.91 Å². The Labute approximate surface area is 117 Å². The Kier molecular flexibility index (Phi) is 3.69. The van der Waals surface area contributed by atoms with E-state index in [2.05, 4.69) is 5.32 Å². The average molecular weight is 274 g/mol. The van der Waals surface area contributed by atoms with E-state index in [1.54, 1.807) is 6.07 Å². The molecule has 5 nitrogen and oxygen atoms in total. The Morgan fingerprint density at radius 2 is 2.10 bits per heavy atom. The zero-order valence-corrected chi connectivity index (χ0v) is 11.3. The lowest BCUT2D eigenvalue weighted by Gasteiger charge is -2.30.